The Labute approximate surface area is 289 Å². The zero-order valence-corrected chi connectivity index (χ0v) is 29.9. The number of methoxy groups -OCH3 is 2. The molecule has 4 aromatic rings. The third-order valence-corrected chi connectivity index (χ3v) is 9.18. The van der Waals surface area contributed by atoms with Crippen molar-refractivity contribution in [2.75, 3.05) is 20.8 Å². The number of nitrogens with zero attached hydrogens (tertiary/aromatic N) is 2. The maximum absolute atomic E-state index is 14.2. The van der Waals surface area contributed by atoms with Crippen molar-refractivity contribution in [1.82, 2.24) is 4.57 Å². The van der Waals surface area contributed by atoms with Crippen molar-refractivity contribution >= 4 is 50.9 Å². The summed E-state index contributed by atoms with van der Waals surface area (Å²) in [6.07, 6.45) is 1.69. The molecule has 0 bridgehead atoms. The van der Waals surface area contributed by atoms with Crippen molar-refractivity contribution in [1.29, 1.82) is 0 Å². The maximum atomic E-state index is 14.2. The molecule has 0 saturated heterocycles. The van der Waals surface area contributed by atoms with Crippen molar-refractivity contribution in [3.63, 3.8) is 0 Å². The van der Waals surface area contributed by atoms with Gasteiger partial charge in [-0.15, -0.1) is 0 Å². The Morgan fingerprint density at radius 2 is 1.74 bits per heavy atom. The summed E-state index contributed by atoms with van der Waals surface area (Å²) in [5.41, 5.74) is 2.71. The van der Waals surface area contributed by atoms with Gasteiger partial charge in [0.1, 0.15) is 6.61 Å². The summed E-state index contributed by atoms with van der Waals surface area (Å²) < 4.78 is 31.3. The van der Waals surface area contributed by atoms with Gasteiger partial charge in [-0.05, 0) is 86.9 Å². The van der Waals surface area contributed by atoms with E-state index in [0.29, 0.717) is 65.3 Å². The largest absolute Gasteiger partial charge is 0.493 e. The first-order valence-corrected chi connectivity index (χ1v) is 16.8. The fourth-order valence-corrected chi connectivity index (χ4v) is 6.73. The number of rotatable bonds is 11. The van der Waals surface area contributed by atoms with E-state index in [0.717, 1.165) is 5.56 Å². The quantitative estimate of drug-likeness (QED) is 0.160. The second kappa shape index (κ2) is 14.8. The molecule has 1 aromatic heterocycles. The lowest BCUT2D eigenvalue weighted by Crippen LogP contribution is -2.40. The minimum Gasteiger partial charge on any atom is -0.493 e. The standard InChI is InChI=1S/C35H34BrClN2O7S/c1-7-44-34(41)31-20(4)38-35-39(32(31)22-10-13-26(46-19(2)3)27(14-22)42-5)33(40)30(47-35)16-23-15-28(43-6)29(17-25(23)36)45-18-21-8-11-24(37)12-9-21/h8-17,19,32H,7,18H2,1-6H3/b30-16-/t32-/m0/s1. The highest BCUT2D eigenvalue weighted by Gasteiger charge is 2.34. The number of benzene rings is 3. The predicted octanol–water partition coefficient (Wildman–Crippen LogP) is 6.60. The number of halogens is 2. The van der Waals surface area contributed by atoms with Crippen LogP contribution in [0, 0.1) is 0 Å². The summed E-state index contributed by atoms with van der Waals surface area (Å²) >= 11 is 10.9. The van der Waals surface area contributed by atoms with Crippen LogP contribution >= 0.6 is 38.9 Å². The van der Waals surface area contributed by atoms with Gasteiger partial charge in [-0.1, -0.05) is 57.1 Å². The van der Waals surface area contributed by atoms with Gasteiger partial charge in [0.15, 0.2) is 27.8 Å². The van der Waals surface area contributed by atoms with Crippen LogP contribution in [0.4, 0.5) is 0 Å². The van der Waals surface area contributed by atoms with Gasteiger partial charge < -0.3 is 23.7 Å². The van der Waals surface area contributed by atoms with Crippen LogP contribution in [-0.2, 0) is 16.1 Å². The van der Waals surface area contributed by atoms with Crippen LogP contribution in [0.15, 0.2) is 80.1 Å². The van der Waals surface area contributed by atoms with Crippen LogP contribution in [0.2, 0.25) is 5.02 Å². The van der Waals surface area contributed by atoms with E-state index < -0.39 is 12.0 Å². The summed E-state index contributed by atoms with van der Waals surface area (Å²) in [6.45, 7) is 7.81. The molecular weight excluding hydrogens is 708 g/mol. The topological polar surface area (TPSA) is 97.6 Å². The number of hydrogen-bond donors (Lipinski definition) is 0. The van der Waals surface area contributed by atoms with Crippen LogP contribution in [0.25, 0.3) is 6.08 Å². The molecule has 0 unspecified atom stereocenters. The molecular formula is C35H34BrClN2O7S. The zero-order chi connectivity index (χ0) is 33.8. The van der Waals surface area contributed by atoms with E-state index in [9.17, 15) is 9.59 Å². The number of thiazole rings is 1. The summed E-state index contributed by atoms with van der Waals surface area (Å²) in [5.74, 6) is 1.51. The van der Waals surface area contributed by atoms with Gasteiger partial charge in [-0.3, -0.25) is 9.36 Å². The maximum Gasteiger partial charge on any atom is 0.338 e. The predicted molar refractivity (Wildman–Crippen MR) is 186 cm³/mol. The van der Waals surface area contributed by atoms with E-state index >= 15 is 0 Å². The Hall–Kier alpha value is -4.06. The normalized spacial score (nSPS) is 14.5. The fraction of sp³-hybridized carbons (Fsp3) is 0.286. The van der Waals surface area contributed by atoms with E-state index in [1.54, 1.807) is 70.5 Å². The van der Waals surface area contributed by atoms with E-state index in [1.165, 1.54) is 15.9 Å². The molecule has 0 saturated carbocycles. The Morgan fingerprint density at radius 3 is 2.40 bits per heavy atom. The Balaban J connectivity index is 1.59. The SMILES string of the molecule is CCOC(=O)C1=C(C)N=c2s/c(=C\c3cc(OC)c(OCc4ccc(Cl)cc4)cc3Br)c(=O)n2[C@H]1c1ccc(OC(C)C)c(OC)c1. The van der Waals surface area contributed by atoms with Gasteiger partial charge in [0.2, 0.25) is 0 Å². The van der Waals surface area contributed by atoms with Crippen LogP contribution < -0.4 is 33.8 Å². The van der Waals surface area contributed by atoms with Gasteiger partial charge in [-0.25, -0.2) is 9.79 Å². The number of fused-ring (bicyclic) bond motifs is 1. The number of hydrogen-bond acceptors (Lipinski definition) is 9. The molecule has 1 atom stereocenters. The smallest absolute Gasteiger partial charge is 0.338 e. The van der Waals surface area contributed by atoms with E-state index in [1.807, 2.05) is 32.0 Å². The van der Waals surface area contributed by atoms with Crippen molar-refractivity contribution < 1.29 is 28.5 Å². The lowest BCUT2D eigenvalue weighted by molar-refractivity contribution is -0.139. The molecule has 246 valence electrons. The van der Waals surface area contributed by atoms with Gasteiger partial charge in [0.25, 0.3) is 5.56 Å². The van der Waals surface area contributed by atoms with Crippen molar-refractivity contribution in [3.05, 3.63) is 112 Å². The third-order valence-electron chi connectivity index (χ3n) is 7.26. The second-order valence-corrected chi connectivity index (χ2v) is 13.1. The number of aromatic nitrogens is 1. The second-order valence-electron chi connectivity index (χ2n) is 10.8. The minimum atomic E-state index is -0.809. The lowest BCUT2D eigenvalue weighted by Gasteiger charge is -2.25. The molecule has 0 radical (unpaired) electrons. The Bertz CT molecular complexity index is 2020. The summed E-state index contributed by atoms with van der Waals surface area (Å²) in [7, 11) is 3.10. The fourth-order valence-electron chi connectivity index (χ4n) is 5.13. The van der Waals surface area contributed by atoms with E-state index in [2.05, 4.69) is 20.9 Å². The van der Waals surface area contributed by atoms with Gasteiger partial charge >= 0.3 is 5.97 Å². The van der Waals surface area contributed by atoms with Gasteiger partial charge in [0.05, 0.1) is 48.8 Å². The molecule has 0 aliphatic carbocycles. The molecule has 0 fully saturated rings. The van der Waals surface area contributed by atoms with E-state index in [-0.39, 0.29) is 23.8 Å². The highest BCUT2D eigenvalue weighted by Crippen LogP contribution is 2.37. The van der Waals surface area contributed by atoms with Crippen molar-refractivity contribution in [3.8, 4) is 23.0 Å². The summed E-state index contributed by atoms with van der Waals surface area (Å²) in [6, 6.07) is 15.6. The number of carbonyl (C=O) groups excluding carboxylic acids is 1. The van der Waals surface area contributed by atoms with Crippen molar-refractivity contribution in [2.45, 2.75) is 46.4 Å². The molecule has 9 nitrogen and oxygen atoms in total. The summed E-state index contributed by atoms with van der Waals surface area (Å²) in [4.78, 5) is 32.6. The third kappa shape index (κ3) is 7.42. The Kier molecular flexibility index (Phi) is 10.8. The van der Waals surface area contributed by atoms with Gasteiger partial charge in [0, 0.05) is 9.50 Å². The molecule has 0 spiro atoms. The average Bonchev–Trinajstić information content (AvgIpc) is 3.34. The van der Waals surface area contributed by atoms with Crippen LogP contribution in [0.1, 0.15) is 50.4 Å². The zero-order valence-electron chi connectivity index (χ0n) is 26.8. The molecule has 1 aliphatic heterocycles. The highest BCUT2D eigenvalue weighted by atomic mass is 79.9. The molecule has 47 heavy (non-hydrogen) atoms. The molecule has 2 heterocycles. The molecule has 3 aromatic carbocycles. The molecule has 5 rings (SSSR count). The van der Waals surface area contributed by atoms with Crippen LogP contribution in [0.5, 0.6) is 23.0 Å². The first-order chi connectivity index (χ1) is 22.5. The minimum absolute atomic E-state index is 0.0771. The lowest BCUT2D eigenvalue weighted by atomic mass is 9.95. The number of allylic oxidation sites excluding steroid dienone is 1. The number of carbonyl (C=O) groups is 1. The van der Waals surface area contributed by atoms with E-state index in [4.69, 9.17) is 35.3 Å². The van der Waals surface area contributed by atoms with Crippen LogP contribution in [-0.4, -0.2) is 37.5 Å². The molecule has 1 aliphatic rings. The molecule has 0 amide bonds. The monoisotopic (exact) mass is 740 g/mol. The Morgan fingerprint density at radius 1 is 1.04 bits per heavy atom. The first-order valence-electron chi connectivity index (χ1n) is 14.8. The van der Waals surface area contributed by atoms with Crippen LogP contribution in [0.3, 0.4) is 0 Å². The highest BCUT2D eigenvalue weighted by molar-refractivity contribution is 9.10. The van der Waals surface area contributed by atoms with Gasteiger partial charge in [-0.2, -0.15) is 0 Å². The van der Waals surface area contributed by atoms with Crippen molar-refractivity contribution in [2.24, 2.45) is 4.99 Å². The number of esters is 1. The number of ether oxygens (including phenoxy) is 5. The average molecular weight is 742 g/mol. The molecule has 12 heteroatoms. The summed E-state index contributed by atoms with van der Waals surface area (Å²) in [5, 5.41) is 0.649. The molecule has 0 N–H and O–H groups in total. The first kappa shape index (κ1) is 34.3.